The molecule has 0 radical (unpaired) electrons. The molecule has 1 aromatic carbocycles. The largest absolute Gasteiger partial charge is 0.492 e. The molecular weight excluding hydrogens is 368 g/mol. The van der Waals surface area contributed by atoms with Crippen molar-refractivity contribution in [3.8, 4) is 5.75 Å². The predicted octanol–water partition coefficient (Wildman–Crippen LogP) is 3.49. The number of nitrogens with zero attached hydrogens (tertiary/aromatic N) is 3. The zero-order valence-electron chi connectivity index (χ0n) is 17.3. The van der Waals surface area contributed by atoms with Crippen molar-refractivity contribution in [1.82, 2.24) is 15.3 Å². The summed E-state index contributed by atoms with van der Waals surface area (Å²) in [6.07, 6.45) is 5.49. The minimum atomic E-state index is -0.199. The van der Waals surface area contributed by atoms with Gasteiger partial charge < -0.3 is 25.6 Å². The predicted molar refractivity (Wildman–Crippen MR) is 116 cm³/mol. The number of hydrogen-bond acceptors (Lipinski definition) is 6. The highest BCUT2D eigenvalue weighted by atomic mass is 16.5. The third-order valence-corrected chi connectivity index (χ3v) is 4.93. The Morgan fingerprint density at radius 2 is 1.86 bits per heavy atom. The van der Waals surface area contributed by atoms with Crippen molar-refractivity contribution >= 4 is 23.5 Å². The summed E-state index contributed by atoms with van der Waals surface area (Å²) in [7, 11) is 3.92. The topological polar surface area (TPSA) is 91.4 Å². The molecule has 156 valence electrons. The van der Waals surface area contributed by atoms with Crippen LogP contribution < -0.4 is 25.6 Å². The normalized spacial score (nSPS) is 18.6. The van der Waals surface area contributed by atoms with Gasteiger partial charge in [0.05, 0.1) is 12.3 Å². The highest BCUT2D eigenvalue weighted by molar-refractivity contribution is 5.91. The smallest absolute Gasteiger partial charge is 0.319 e. The van der Waals surface area contributed by atoms with Crippen LogP contribution in [-0.2, 0) is 0 Å². The second-order valence-corrected chi connectivity index (χ2v) is 7.35. The van der Waals surface area contributed by atoms with Gasteiger partial charge in [0.1, 0.15) is 11.6 Å². The quantitative estimate of drug-likeness (QED) is 0.661. The first-order chi connectivity index (χ1) is 14.0. The maximum Gasteiger partial charge on any atom is 0.319 e. The lowest BCUT2D eigenvalue weighted by atomic mass is 9.91. The summed E-state index contributed by atoms with van der Waals surface area (Å²) in [5.41, 5.74) is 0.681. The molecule has 0 aliphatic heterocycles. The van der Waals surface area contributed by atoms with Crippen LogP contribution in [0.4, 0.5) is 22.2 Å². The zero-order chi connectivity index (χ0) is 20.6. The molecule has 1 aliphatic carbocycles. The summed E-state index contributed by atoms with van der Waals surface area (Å²) in [5, 5.41) is 9.39. The van der Waals surface area contributed by atoms with Gasteiger partial charge in [-0.3, -0.25) is 0 Å². The number of anilines is 3. The Bertz CT molecular complexity index is 805. The number of urea groups is 1. The van der Waals surface area contributed by atoms with Gasteiger partial charge in [-0.05, 0) is 50.8 Å². The highest BCUT2D eigenvalue weighted by Crippen LogP contribution is 2.25. The summed E-state index contributed by atoms with van der Waals surface area (Å²) in [4.78, 5) is 23.2. The van der Waals surface area contributed by atoms with E-state index in [0.29, 0.717) is 30.0 Å². The van der Waals surface area contributed by atoms with Crippen LogP contribution >= 0.6 is 0 Å². The number of ether oxygens (including phenoxy) is 1. The highest BCUT2D eigenvalue weighted by Gasteiger charge is 2.23. The van der Waals surface area contributed by atoms with Crippen molar-refractivity contribution < 1.29 is 9.53 Å². The molecule has 0 bridgehead atoms. The number of benzene rings is 1. The Labute approximate surface area is 172 Å². The van der Waals surface area contributed by atoms with Gasteiger partial charge in [0.2, 0.25) is 5.95 Å². The van der Waals surface area contributed by atoms with Crippen LogP contribution in [0, 0.1) is 0 Å². The molecule has 1 saturated carbocycles. The molecule has 3 N–H and O–H groups in total. The van der Waals surface area contributed by atoms with Crippen LogP contribution in [0.2, 0.25) is 0 Å². The molecule has 2 aromatic rings. The number of hydrogen-bond donors (Lipinski definition) is 3. The molecule has 0 atom stereocenters. The van der Waals surface area contributed by atoms with Crippen molar-refractivity contribution in [3.63, 3.8) is 0 Å². The Morgan fingerprint density at radius 1 is 1.14 bits per heavy atom. The first kappa shape index (κ1) is 20.7. The molecule has 1 fully saturated rings. The third-order valence-electron chi connectivity index (χ3n) is 4.93. The molecule has 0 spiro atoms. The minimum Gasteiger partial charge on any atom is -0.492 e. The third kappa shape index (κ3) is 5.97. The lowest BCUT2D eigenvalue weighted by Gasteiger charge is -2.29. The molecule has 3 rings (SSSR count). The summed E-state index contributed by atoms with van der Waals surface area (Å²) in [5.74, 6) is 2.21. The number of aromatic nitrogens is 2. The number of para-hydroxylation sites is 2. The van der Waals surface area contributed by atoms with Crippen LogP contribution in [0.3, 0.4) is 0 Å². The van der Waals surface area contributed by atoms with Crippen LogP contribution in [-0.4, -0.2) is 48.8 Å². The Morgan fingerprint density at radius 3 is 2.59 bits per heavy atom. The zero-order valence-corrected chi connectivity index (χ0v) is 17.3. The van der Waals surface area contributed by atoms with E-state index in [-0.39, 0.29) is 12.1 Å². The molecule has 1 aromatic heterocycles. The SMILES string of the molecule is CCOc1ccccc1NC(=O)NC1CCC(Nc2nccc(N(C)C)n2)CC1. The fourth-order valence-electron chi connectivity index (χ4n) is 3.43. The molecule has 2 amide bonds. The van der Waals surface area contributed by atoms with Crippen molar-refractivity contribution in [1.29, 1.82) is 0 Å². The summed E-state index contributed by atoms with van der Waals surface area (Å²) < 4.78 is 5.56. The first-order valence-corrected chi connectivity index (χ1v) is 10.1. The van der Waals surface area contributed by atoms with E-state index in [4.69, 9.17) is 4.74 Å². The van der Waals surface area contributed by atoms with E-state index >= 15 is 0 Å². The Hall–Kier alpha value is -3.03. The average Bonchev–Trinajstić information content (AvgIpc) is 2.71. The molecular formula is C21H30N6O2. The molecule has 0 unspecified atom stereocenters. The lowest BCUT2D eigenvalue weighted by Crippen LogP contribution is -2.42. The van der Waals surface area contributed by atoms with E-state index in [9.17, 15) is 4.79 Å². The molecule has 8 nitrogen and oxygen atoms in total. The number of rotatable bonds is 7. The van der Waals surface area contributed by atoms with Crippen molar-refractivity contribution in [2.45, 2.75) is 44.7 Å². The van der Waals surface area contributed by atoms with E-state index in [1.807, 2.05) is 56.3 Å². The minimum absolute atomic E-state index is 0.154. The maximum absolute atomic E-state index is 12.4. The summed E-state index contributed by atoms with van der Waals surface area (Å²) in [6.45, 7) is 2.48. The Balaban J connectivity index is 1.46. The fourth-order valence-corrected chi connectivity index (χ4v) is 3.43. The van der Waals surface area contributed by atoms with E-state index < -0.39 is 0 Å². The average molecular weight is 399 g/mol. The van der Waals surface area contributed by atoms with Crippen molar-refractivity contribution in [3.05, 3.63) is 36.5 Å². The van der Waals surface area contributed by atoms with Crippen LogP contribution in [0.5, 0.6) is 5.75 Å². The molecule has 0 saturated heterocycles. The summed E-state index contributed by atoms with van der Waals surface area (Å²) >= 11 is 0. The van der Waals surface area contributed by atoms with Gasteiger partial charge in [-0.25, -0.2) is 9.78 Å². The number of nitrogens with one attached hydrogen (secondary N) is 3. The fraction of sp³-hybridized carbons (Fsp3) is 0.476. The molecule has 8 heteroatoms. The maximum atomic E-state index is 12.4. The Kier molecular flexibility index (Phi) is 7.10. The van der Waals surface area contributed by atoms with Gasteiger partial charge in [0, 0.05) is 32.4 Å². The first-order valence-electron chi connectivity index (χ1n) is 10.1. The standard InChI is InChI=1S/C21H30N6O2/c1-4-29-18-8-6-5-7-17(18)25-21(28)24-16-11-9-15(10-12-16)23-20-22-14-13-19(26-20)27(2)3/h5-8,13-16H,4,9-12H2,1-3H3,(H,22,23,26)(H2,24,25,28). The van der Waals surface area contributed by atoms with Gasteiger partial charge in [-0.15, -0.1) is 0 Å². The second kappa shape index (κ2) is 9.95. The van der Waals surface area contributed by atoms with Gasteiger partial charge in [0.25, 0.3) is 0 Å². The van der Waals surface area contributed by atoms with Gasteiger partial charge >= 0.3 is 6.03 Å². The van der Waals surface area contributed by atoms with Crippen molar-refractivity contribution in [2.24, 2.45) is 0 Å². The van der Waals surface area contributed by atoms with Crippen LogP contribution in [0.15, 0.2) is 36.5 Å². The second-order valence-electron chi connectivity index (χ2n) is 7.35. The summed E-state index contributed by atoms with van der Waals surface area (Å²) in [6, 6.07) is 9.61. The van der Waals surface area contributed by atoms with E-state index in [2.05, 4.69) is 25.9 Å². The lowest BCUT2D eigenvalue weighted by molar-refractivity contribution is 0.243. The number of carbonyl (C=O) groups is 1. The van der Waals surface area contributed by atoms with Gasteiger partial charge in [-0.1, -0.05) is 12.1 Å². The van der Waals surface area contributed by atoms with Gasteiger partial charge in [-0.2, -0.15) is 4.98 Å². The molecule has 29 heavy (non-hydrogen) atoms. The number of amides is 2. The van der Waals surface area contributed by atoms with E-state index in [1.165, 1.54) is 0 Å². The van der Waals surface area contributed by atoms with Gasteiger partial charge in [0.15, 0.2) is 0 Å². The monoisotopic (exact) mass is 398 g/mol. The van der Waals surface area contributed by atoms with Crippen molar-refractivity contribution in [2.75, 3.05) is 36.2 Å². The van der Waals surface area contributed by atoms with E-state index in [1.54, 1.807) is 6.20 Å². The van der Waals surface area contributed by atoms with Crippen LogP contribution in [0.25, 0.3) is 0 Å². The number of carbonyl (C=O) groups excluding carboxylic acids is 1. The molecule has 1 heterocycles. The molecule has 1 aliphatic rings. The van der Waals surface area contributed by atoms with Crippen LogP contribution in [0.1, 0.15) is 32.6 Å². The van der Waals surface area contributed by atoms with E-state index in [0.717, 1.165) is 31.5 Å².